The average Bonchev–Trinajstić information content (AvgIpc) is 2.78. The van der Waals surface area contributed by atoms with Crippen molar-refractivity contribution in [3.63, 3.8) is 0 Å². The number of rotatable bonds is 5. The third-order valence-corrected chi connectivity index (χ3v) is 7.18. The maximum atomic E-state index is 13.0. The molecule has 0 aromatic carbocycles. The van der Waals surface area contributed by atoms with Crippen molar-refractivity contribution < 1.29 is 14.3 Å². The van der Waals surface area contributed by atoms with Crippen molar-refractivity contribution >= 4 is 12.0 Å². The molecule has 0 aliphatic carbocycles. The van der Waals surface area contributed by atoms with Gasteiger partial charge >= 0.3 is 6.09 Å². The first-order valence-corrected chi connectivity index (χ1v) is 14.3. The van der Waals surface area contributed by atoms with Gasteiger partial charge in [0.1, 0.15) is 5.60 Å². The molecule has 2 heterocycles. The highest BCUT2D eigenvalue weighted by Gasteiger charge is 2.22. The summed E-state index contributed by atoms with van der Waals surface area (Å²) in [6, 6.07) is 0.757. The smallest absolute Gasteiger partial charge is 0.407 e. The number of unbranched alkanes of at least 4 members (excludes halogenated alkanes) is 1. The number of alkyl carbamates (subject to hydrolysis) is 1. The maximum absolute atomic E-state index is 13.0. The second kappa shape index (κ2) is 16.4. The minimum absolute atomic E-state index is 0.319. The molecule has 0 bridgehead atoms. The van der Waals surface area contributed by atoms with Crippen molar-refractivity contribution in [2.24, 2.45) is 0 Å². The Morgan fingerprint density at radius 3 is 2.18 bits per heavy atom. The molecule has 0 aromatic heterocycles. The zero-order valence-electron chi connectivity index (χ0n) is 22.5. The summed E-state index contributed by atoms with van der Waals surface area (Å²) in [6.45, 7) is 10.2. The Labute approximate surface area is 209 Å². The van der Waals surface area contributed by atoms with Crippen LogP contribution in [0.5, 0.6) is 0 Å². The highest BCUT2D eigenvalue weighted by atomic mass is 16.6. The fraction of sp³-hybridized carbons (Fsp3) is 0.929. The third kappa shape index (κ3) is 13.0. The molecule has 2 rings (SSSR count). The first kappa shape index (κ1) is 28.9. The first-order chi connectivity index (χ1) is 16.3. The van der Waals surface area contributed by atoms with Crippen LogP contribution in [0.15, 0.2) is 0 Å². The van der Waals surface area contributed by atoms with Gasteiger partial charge in [0.05, 0.1) is 0 Å². The predicted molar refractivity (Wildman–Crippen MR) is 140 cm³/mol. The van der Waals surface area contributed by atoms with Crippen molar-refractivity contribution in [3.8, 4) is 0 Å². The zero-order chi connectivity index (χ0) is 24.7. The fourth-order valence-corrected chi connectivity index (χ4v) is 5.31. The van der Waals surface area contributed by atoms with E-state index in [1.54, 1.807) is 0 Å². The van der Waals surface area contributed by atoms with Gasteiger partial charge in [-0.15, -0.1) is 0 Å². The van der Waals surface area contributed by atoms with Gasteiger partial charge in [-0.1, -0.05) is 51.4 Å². The zero-order valence-corrected chi connectivity index (χ0v) is 22.5. The topological polar surface area (TPSA) is 61.9 Å². The Bertz CT molecular complexity index is 576. The highest BCUT2D eigenvalue weighted by molar-refractivity contribution is 5.76. The number of hydrogen-bond donors (Lipinski definition) is 1. The number of carbonyl (C=O) groups is 2. The van der Waals surface area contributed by atoms with Crippen molar-refractivity contribution in [2.75, 3.05) is 32.7 Å². The second-order valence-corrected chi connectivity index (χ2v) is 11.4. The molecule has 2 saturated heterocycles. The lowest BCUT2D eigenvalue weighted by molar-refractivity contribution is -0.131. The molecule has 198 valence electrons. The van der Waals surface area contributed by atoms with E-state index in [1.165, 1.54) is 77.2 Å². The van der Waals surface area contributed by atoms with Gasteiger partial charge in [-0.25, -0.2) is 4.79 Å². The van der Waals surface area contributed by atoms with Gasteiger partial charge in [0.25, 0.3) is 0 Å². The van der Waals surface area contributed by atoms with Crippen LogP contribution in [0, 0.1) is 0 Å². The van der Waals surface area contributed by atoms with Crippen LogP contribution in [-0.4, -0.2) is 66.2 Å². The molecule has 0 unspecified atom stereocenters. The molecule has 6 nitrogen and oxygen atoms in total. The Balaban J connectivity index is 1.80. The molecule has 2 fully saturated rings. The highest BCUT2D eigenvalue weighted by Crippen LogP contribution is 2.23. The summed E-state index contributed by atoms with van der Waals surface area (Å²) in [5.41, 5.74) is -0.474. The van der Waals surface area contributed by atoms with Crippen LogP contribution >= 0.6 is 0 Å². The average molecular weight is 480 g/mol. The molecular formula is C28H53N3O3. The molecule has 1 N–H and O–H groups in total. The van der Waals surface area contributed by atoms with Gasteiger partial charge < -0.3 is 19.9 Å². The predicted octanol–water partition coefficient (Wildman–Crippen LogP) is 6.28. The number of ether oxygens (including phenoxy) is 1. The molecule has 0 spiro atoms. The van der Waals surface area contributed by atoms with Crippen LogP contribution in [0.3, 0.4) is 0 Å². The van der Waals surface area contributed by atoms with E-state index in [9.17, 15) is 9.59 Å². The van der Waals surface area contributed by atoms with E-state index in [4.69, 9.17) is 4.74 Å². The quantitative estimate of drug-likeness (QED) is 0.471. The number of piperidine rings is 1. The molecule has 34 heavy (non-hydrogen) atoms. The van der Waals surface area contributed by atoms with E-state index in [0.717, 1.165) is 51.4 Å². The molecule has 1 atom stereocenters. The van der Waals surface area contributed by atoms with Crippen molar-refractivity contribution in [3.05, 3.63) is 0 Å². The molecular weight excluding hydrogens is 426 g/mol. The summed E-state index contributed by atoms with van der Waals surface area (Å²) in [4.78, 5) is 29.6. The Hall–Kier alpha value is -1.30. The molecule has 0 saturated carbocycles. The van der Waals surface area contributed by atoms with Gasteiger partial charge in [0.2, 0.25) is 5.91 Å². The summed E-state index contributed by atoms with van der Waals surface area (Å²) in [5, 5.41) is 2.83. The van der Waals surface area contributed by atoms with E-state index in [-0.39, 0.29) is 6.09 Å². The number of nitrogens with one attached hydrogen (secondary N) is 1. The van der Waals surface area contributed by atoms with Gasteiger partial charge in [-0.05, 0) is 72.3 Å². The Kier molecular flexibility index (Phi) is 13.9. The summed E-state index contributed by atoms with van der Waals surface area (Å²) in [7, 11) is 0. The minimum Gasteiger partial charge on any atom is -0.444 e. The SMILES string of the molecule is CC(C)(C)OC(=O)NCCCCN1CCCN2CCCC[C@H]2CCCCCCCCCCC1=O. The largest absolute Gasteiger partial charge is 0.444 e. The molecule has 2 amide bonds. The number of carbonyl (C=O) groups excluding carboxylic acids is 2. The van der Waals surface area contributed by atoms with Crippen molar-refractivity contribution in [1.29, 1.82) is 0 Å². The Morgan fingerprint density at radius 2 is 1.47 bits per heavy atom. The molecule has 2 aliphatic rings. The monoisotopic (exact) mass is 479 g/mol. The van der Waals surface area contributed by atoms with E-state index < -0.39 is 5.60 Å². The summed E-state index contributed by atoms with van der Waals surface area (Å²) >= 11 is 0. The lowest BCUT2D eigenvalue weighted by atomic mass is 9.96. The van der Waals surface area contributed by atoms with E-state index in [1.807, 2.05) is 20.8 Å². The number of nitrogens with zero attached hydrogens (tertiary/aromatic N) is 2. The number of fused-ring (bicyclic) bond motifs is 1. The first-order valence-electron chi connectivity index (χ1n) is 14.3. The second-order valence-electron chi connectivity index (χ2n) is 11.4. The van der Waals surface area contributed by atoms with Crippen LogP contribution in [0.1, 0.15) is 124 Å². The fourth-order valence-electron chi connectivity index (χ4n) is 5.31. The number of hydrogen-bond acceptors (Lipinski definition) is 4. The molecule has 0 aromatic rings. The molecule has 6 heteroatoms. The van der Waals surface area contributed by atoms with Gasteiger partial charge in [-0.2, -0.15) is 0 Å². The van der Waals surface area contributed by atoms with Gasteiger partial charge in [0.15, 0.2) is 0 Å². The summed E-state index contributed by atoms with van der Waals surface area (Å²) in [6.07, 6.45) is 18.8. The van der Waals surface area contributed by atoms with Gasteiger partial charge in [0, 0.05) is 38.6 Å². The molecule has 2 aliphatic heterocycles. The normalized spacial score (nSPS) is 23.1. The van der Waals surface area contributed by atoms with Crippen LogP contribution in [0.25, 0.3) is 0 Å². The van der Waals surface area contributed by atoms with Crippen molar-refractivity contribution in [2.45, 2.75) is 135 Å². The molecule has 0 radical (unpaired) electrons. The van der Waals surface area contributed by atoms with Crippen LogP contribution in [-0.2, 0) is 9.53 Å². The third-order valence-electron chi connectivity index (χ3n) is 7.18. The van der Waals surface area contributed by atoms with Crippen LogP contribution < -0.4 is 5.32 Å². The minimum atomic E-state index is -0.474. The van der Waals surface area contributed by atoms with Crippen LogP contribution in [0.2, 0.25) is 0 Å². The lowest BCUT2D eigenvalue weighted by Gasteiger charge is -2.36. The van der Waals surface area contributed by atoms with Crippen molar-refractivity contribution in [1.82, 2.24) is 15.1 Å². The van der Waals surface area contributed by atoms with E-state index in [2.05, 4.69) is 15.1 Å². The van der Waals surface area contributed by atoms with Gasteiger partial charge in [-0.3, -0.25) is 4.79 Å². The Morgan fingerprint density at radius 1 is 0.853 bits per heavy atom. The van der Waals surface area contributed by atoms with E-state index in [0.29, 0.717) is 18.9 Å². The van der Waals surface area contributed by atoms with E-state index >= 15 is 0 Å². The maximum Gasteiger partial charge on any atom is 0.407 e. The number of amides is 2. The lowest BCUT2D eigenvalue weighted by Crippen LogP contribution is -2.41. The standard InChI is InChI=1S/C28H53N3O3/c1-28(2,3)34-27(33)29-20-13-15-22-31-24-16-23-30-21-14-12-18-25(30)17-10-8-6-4-5-7-9-11-19-26(31)32/h25H,4-24H2,1-3H3,(H,29,33)/t25-/m1/s1. The van der Waals surface area contributed by atoms with Crippen LogP contribution in [0.4, 0.5) is 4.79 Å². The summed E-state index contributed by atoms with van der Waals surface area (Å²) in [5.74, 6) is 0.319. The summed E-state index contributed by atoms with van der Waals surface area (Å²) < 4.78 is 5.30.